The average Bonchev–Trinajstić information content (AvgIpc) is 2.47. The molecular weight excluding hydrogens is 227 g/mol. The maximum absolute atomic E-state index is 12.7. The zero-order valence-corrected chi connectivity index (χ0v) is 10.8. The van der Waals surface area contributed by atoms with E-state index in [1.165, 1.54) is 37.7 Å². The van der Waals surface area contributed by atoms with Crippen molar-refractivity contribution in [3.8, 4) is 5.75 Å². The molecule has 1 unspecified atom stereocenters. The zero-order valence-electron chi connectivity index (χ0n) is 10.8. The smallest absolute Gasteiger partial charge is 0.123 e. The molecule has 0 saturated heterocycles. The van der Waals surface area contributed by atoms with E-state index < -0.39 is 6.67 Å². The van der Waals surface area contributed by atoms with Crippen molar-refractivity contribution in [2.24, 2.45) is 5.92 Å². The van der Waals surface area contributed by atoms with Gasteiger partial charge in [-0.3, -0.25) is 0 Å². The fraction of sp³-hybridized carbons (Fsp3) is 0.625. The van der Waals surface area contributed by atoms with E-state index in [-0.39, 0.29) is 0 Å². The minimum Gasteiger partial charge on any atom is -0.490 e. The van der Waals surface area contributed by atoms with Gasteiger partial charge in [0, 0.05) is 0 Å². The molecule has 0 radical (unpaired) electrons. The highest BCUT2D eigenvalue weighted by Gasteiger charge is 2.28. The van der Waals surface area contributed by atoms with Gasteiger partial charge in [-0.15, -0.1) is 0 Å². The topological polar surface area (TPSA) is 9.23 Å². The molecule has 1 heterocycles. The molecule has 1 atom stereocenters. The van der Waals surface area contributed by atoms with Crippen LogP contribution in [0.15, 0.2) is 18.2 Å². The lowest BCUT2D eigenvalue weighted by atomic mass is 9.82. The van der Waals surface area contributed by atoms with Gasteiger partial charge in [0.05, 0.1) is 0 Å². The molecule has 0 amide bonds. The predicted octanol–water partition coefficient (Wildman–Crippen LogP) is 4.43. The molecule has 1 nitrogen and oxygen atoms in total. The first-order valence-corrected chi connectivity index (χ1v) is 7.21. The lowest BCUT2D eigenvalue weighted by Crippen LogP contribution is -2.32. The SMILES string of the molecule is FCc1ccc2c(c1)OC(C1CCCCC1)CC2. The summed E-state index contributed by atoms with van der Waals surface area (Å²) in [5.41, 5.74) is 1.98. The van der Waals surface area contributed by atoms with E-state index in [9.17, 15) is 4.39 Å². The molecule has 1 aromatic carbocycles. The van der Waals surface area contributed by atoms with Crippen LogP contribution in [-0.2, 0) is 13.1 Å². The standard InChI is InChI=1S/C16H21FO/c17-11-12-6-7-14-8-9-15(18-16(14)10-12)13-4-2-1-3-5-13/h6-7,10,13,15H,1-5,8-9,11H2. The first-order valence-electron chi connectivity index (χ1n) is 7.21. The molecular formula is C16H21FO. The van der Waals surface area contributed by atoms with Gasteiger partial charge in [-0.25, -0.2) is 4.39 Å². The van der Waals surface area contributed by atoms with Crippen LogP contribution in [0.4, 0.5) is 4.39 Å². The lowest BCUT2D eigenvalue weighted by Gasteiger charge is -2.34. The number of hydrogen-bond acceptors (Lipinski definition) is 1. The molecule has 1 fully saturated rings. The minimum absolute atomic E-state index is 0.368. The molecule has 0 N–H and O–H groups in total. The molecule has 0 bridgehead atoms. The van der Waals surface area contributed by atoms with Crippen molar-refractivity contribution >= 4 is 0 Å². The van der Waals surface area contributed by atoms with E-state index in [1.807, 2.05) is 18.2 Å². The quantitative estimate of drug-likeness (QED) is 0.752. The van der Waals surface area contributed by atoms with Crippen molar-refractivity contribution in [3.05, 3.63) is 29.3 Å². The number of alkyl halides is 1. The van der Waals surface area contributed by atoms with Gasteiger partial charge in [0.1, 0.15) is 18.5 Å². The summed E-state index contributed by atoms with van der Waals surface area (Å²) in [6.45, 7) is -0.398. The Morgan fingerprint density at radius 1 is 1.11 bits per heavy atom. The third-order valence-electron chi connectivity index (χ3n) is 4.44. The molecule has 1 aromatic rings. The van der Waals surface area contributed by atoms with Crippen LogP contribution in [0.5, 0.6) is 5.75 Å². The van der Waals surface area contributed by atoms with Gasteiger partial charge < -0.3 is 4.74 Å². The number of benzene rings is 1. The van der Waals surface area contributed by atoms with E-state index >= 15 is 0 Å². The van der Waals surface area contributed by atoms with Crippen LogP contribution in [-0.4, -0.2) is 6.10 Å². The second-order valence-corrected chi connectivity index (χ2v) is 5.67. The van der Waals surface area contributed by atoms with E-state index in [4.69, 9.17) is 4.74 Å². The first kappa shape index (κ1) is 12.0. The van der Waals surface area contributed by atoms with Crippen LogP contribution in [0.1, 0.15) is 49.7 Å². The van der Waals surface area contributed by atoms with Crippen molar-refractivity contribution in [2.45, 2.75) is 57.7 Å². The van der Waals surface area contributed by atoms with Gasteiger partial charge >= 0.3 is 0 Å². The highest BCUT2D eigenvalue weighted by atomic mass is 19.1. The van der Waals surface area contributed by atoms with Crippen LogP contribution in [0.25, 0.3) is 0 Å². The largest absolute Gasteiger partial charge is 0.490 e. The van der Waals surface area contributed by atoms with Gasteiger partial charge in [0.15, 0.2) is 0 Å². The normalized spacial score (nSPS) is 24.4. The maximum atomic E-state index is 12.7. The Morgan fingerprint density at radius 2 is 1.94 bits per heavy atom. The molecule has 2 aliphatic rings. The Morgan fingerprint density at radius 3 is 2.72 bits per heavy atom. The second-order valence-electron chi connectivity index (χ2n) is 5.67. The monoisotopic (exact) mass is 248 g/mol. The molecule has 1 aliphatic heterocycles. The van der Waals surface area contributed by atoms with Crippen molar-refractivity contribution in [3.63, 3.8) is 0 Å². The van der Waals surface area contributed by atoms with Crippen molar-refractivity contribution in [2.75, 3.05) is 0 Å². The Kier molecular flexibility index (Phi) is 3.53. The molecule has 1 aliphatic carbocycles. The number of aryl methyl sites for hydroxylation is 1. The van der Waals surface area contributed by atoms with Crippen LogP contribution in [0.2, 0.25) is 0 Å². The number of ether oxygens (including phenoxy) is 1. The maximum Gasteiger partial charge on any atom is 0.123 e. The van der Waals surface area contributed by atoms with Gasteiger partial charge in [0.2, 0.25) is 0 Å². The minimum atomic E-state index is -0.398. The summed E-state index contributed by atoms with van der Waals surface area (Å²) in [4.78, 5) is 0. The molecule has 18 heavy (non-hydrogen) atoms. The van der Waals surface area contributed by atoms with Crippen LogP contribution in [0, 0.1) is 5.92 Å². The van der Waals surface area contributed by atoms with Crippen LogP contribution >= 0.6 is 0 Å². The third-order valence-corrected chi connectivity index (χ3v) is 4.44. The number of rotatable bonds is 2. The Bertz CT molecular complexity index is 410. The van der Waals surface area contributed by atoms with E-state index in [0.29, 0.717) is 6.10 Å². The summed E-state index contributed by atoms with van der Waals surface area (Å²) < 4.78 is 18.8. The summed E-state index contributed by atoms with van der Waals surface area (Å²) in [5.74, 6) is 1.66. The van der Waals surface area contributed by atoms with Crippen molar-refractivity contribution in [1.82, 2.24) is 0 Å². The fourth-order valence-electron chi connectivity index (χ4n) is 3.36. The van der Waals surface area contributed by atoms with Crippen LogP contribution in [0.3, 0.4) is 0 Å². The fourth-order valence-corrected chi connectivity index (χ4v) is 3.36. The van der Waals surface area contributed by atoms with E-state index in [2.05, 4.69) is 0 Å². The summed E-state index contributed by atoms with van der Waals surface area (Å²) in [5, 5.41) is 0. The second kappa shape index (κ2) is 5.29. The molecule has 98 valence electrons. The highest BCUT2D eigenvalue weighted by molar-refractivity contribution is 5.39. The summed E-state index contributed by atoms with van der Waals surface area (Å²) in [6.07, 6.45) is 9.28. The predicted molar refractivity (Wildman–Crippen MR) is 70.6 cm³/mol. The Hall–Kier alpha value is -1.05. The summed E-state index contributed by atoms with van der Waals surface area (Å²) >= 11 is 0. The lowest BCUT2D eigenvalue weighted by molar-refractivity contribution is 0.0878. The first-order chi connectivity index (χ1) is 8.86. The van der Waals surface area contributed by atoms with Crippen molar-refractivity contribution in [1.29, 1.82) is 0 Å². The third kappa shape index (κ3) is 2.38. The molecule has 1 saturated carbocycles. The number of hydrogen-bond donors (Lipinski definition) is 0. The van der Waals surface area contributed by atoms with Crippen LogP contribution < -0.4 is 4.74 Å². The van der Waals surface area contributed by atoms with E-state index in [1.54, 1.807) is 0 Å². The molecule has 3 rings (SSSR count). The Labute approximate surface area is 108 Å². The summed E-state index contributed by atoms with van der Waals surface area (Å²) in [7, 11) is 0. The van der Waals surface area contributed by atoms with Crippen molar-refractivity contribution < 1.29 is 9.13 Å². The van der Waals surface area contributed by atoms with E-state index in [0.717, 1.165) is 30.1 Å². The van der Waals surface area contributed by atoms with Gasteiger partial charge in [-0.1, -0.05) is 31.4 Å². The highest BCUT2D eigenvalue weighted by Crippen LogP contribution is 2.36. The molecule has 2 heteroatoms. The zero-order chi connectivity index (χ0) is 12.4. The van der Waals surface area contributed by atoms with Gasteiger partial charge in [-0.2, -0.15) is 0 Å². The number of fused-ring (bicyclic) bond motifs is 1. The Balaban J connectivity index is 1.74. The molecule has 0 spiro atoms. The van der Waals surface area contributed by atoms with Gasteiger partial charge in [0.25, 0.3) is 0 Å². The molecule has 0 aromatic heterocycles. The average molecular weight is 248 g/mol. The number of halogens is 1. The summed E-state index contributed by atoms with van der Waals surface area (Å²) in [6, 6.07) is 5.80. The van der Waals surface area contributed by atoms with Gasteiger partial charge in [-0.05, 0) is 48.8 Å².